The van der Waals surface area contributed by atoms with Gasteiger partial charge in [-0.3, -0.25) is 6.08 Å². The fraction of sp³-hybridized carbons (Fsp3) is 0.500. The Morgan fingerprint density at radius 3 is 2.18 bits per heavy atom. The Hall–Kier alpha value is 0.774. The SMILES string of the molecule is CCC1[C-]=C(C)C=C1.Cl.Cl.[Ti]. The van der Waals surface area contributed by atoms with Crippen LogP contribution < -0.4 is 0 Å². The first-order chi connectivity index (χ1) is 3.83. The van der Waals surface area contributed by atoms with Crippen LogP contribution in [0, 0.1) is 12.0 Å². The molecule has 3 heteroatoms. The van der Waals surface area contributed by atoms with Crippen LogP contribution in [-0.2, 0) is 21.7 Å². The zero-order valence-corrected chi connectivity index (χ0v) is 9.95. The summed E-state index contributed by atoms with van der Waals surface area (Å²) in [6, 6.07) is 0. The molecule has 0 fully saturated rings. The maximum absolute atomic E-state index is 3.31. The number of allylic oxidation sites excluding steroid dienone is 4. The summed E-state index contributed by atoms with van der Waals surface area (Å²) in [5, 5.41) is 0. The van der Waals surface area contributed by atoms with Gasteiger partial charge >= 0.3 is 0 Å². The van der Waals surface area contributed by atoms with Crippen LogP contribution in [0.25, 0.3) is 0 Å². The first-order valence-corrected chi connectivity index (χ1v) is 3.11. The largest absolute Gasteiger partial charge is 0.266 e. The molecule has 0 aromatic rings. The van der Waals surface area contributed by atoms with Crippen molar-refractivity contribution in [1.82, 2.24) is 0 Å². The fourth-order valence-corrected chi connectivity index (χ4v) is 0.887. The van der Waals surface area contributed by atoms with Gasteiger partial charge in [-0.1, -0.05) is 26.2 Å². The Balaban J connectivity index is -0.000000213. The molecule has 1 aliphatic rings. The van der Waals surface area contributed by atoms with E-state index in [9.17, 15) is 0 Å². The number of halogens is 2. The molecule has 0 amide bonds. The van der Waals surface area contributed by atoms with Gasteiger partial charge in [0, 0.05) is 21.7 Å². The average Bonchev–Trinajstić information content (AvgIpc) is 2.14. The van der Waals surface area contributed by atoms with Gasteiger partial charge in [-0.05, 0) is 0 Å². The molecule has 0 aliphatic heterocycles. The number of hydrogen-bond acceptors (Lipinski definition) is 0. The van der Waals surface area contributed by atoms with E-state index in [4.69, 9.17) is 0 Å². The Bertz CT molecular complexity index is 141. The van der Waals surface area contributed by atoms with Crippen molar-refractivity contribution in [1.29, 1.82) is 0 Å². The maximum atomic E-state index is 3.31. The third-order valence-electron chi connectivity index (χ3n) is 1.43. The third-order valence-corrected chi connectivity index (χ3v) is 1.43. The molecule has 1 unspecified atom stereocenters. The normalized spacial score (nSPS) is 19.1. The molecular weight excluding hydrogens is 215 g/mol. The summed E-state index contributed by atoms with van der Waals surface area (Å²) >= 11 is 0. The Labute approximate surface area is 96.2 Å². The van der Waals surface area contributed by atoms with Gasteiger partial charge in [-0.15, -0.1) is 24.8 Å². The van der Waals surface area contributed by atoms with E-state index >= 15 is 0 Å². The van der Waals surface area contributed by atoms with E-state index in [1.165, 1.54) is 12.0 Å². The molecule has 0 radical (unpaired) electrons. The number of rotatable bonds is 1. The first-order valence-electron chi connectivity index (χ1n) is 3.11. The van der Waals surface area contributed by atoms with Crippen molar-refractivity contribution in [3.63, 3.8) is 0 Å². The van der Waals surface area contributed by atoms with Crippen LogP contribution in [0.4, 0.5) is 0 Å². The summed E-state index contributed by atoms with van der Waals surface area (Å²) in [7, 11) is 0. The van der Waals surface area contributed by atoms with E-state index in [0.29, 0.717) is 5.92 Å². The molecule has 0 N–H and O–H groups in total. The van der Waals surface area contributed by atoms with Crippen molar-refractivity contribution >= 4 is 24.8 Å². The molecule has 1 aliphatic carbocycles. The summed E-state index contributed by atoms with van der Waals surface area (Å²) < 4.78 is 0. The second-order valence-electron chi connectivity index (χ2n) is 2.20. The zero-order chi connectivity index (χ0) is 5.98. The van der Waals surface area contributed by atoms with Crippen molar-refractivity contribution in [2.24, 2.45) is 5.92 Å². The minimum absolute atomic E-state index is 0. The van der Waals surface area contributed by atoms with E-state index in [2.05, 4.69) is 32.1 Å². The van der Waals surface area contributed by atoms with Gasteiger partial charge in [-0.25, -0.2) is 11.6 Å². The van der Waals surface area contributed by atoms with Crippen molar-refractivity contribution in [3.8, 4) is 0 Å². The van der Waals surface area contributed by atoms with Crippen LogP contribution >= 0.6 is 24.8 Å². The molecule has 0 saturated heterocycles. The van der Waals surface area contributed by atoms with Gasteiger partial charge in [0.2, 0.25) is 0 Å². The molecule has 0 aromatic heterocycles. The van der Waals surface area contributed by atoms with Crippen LogP contribution in [0.1, 0.15) is 20.3 Å². The fourth-order valence-electron chi connectivity index (χ4n) is 0.887. The van der Waals surface area contributed by atoms with E-state index in [-0.39, 0.29) is 46.5 Å². The molecule has 11 heavy (non-hydrogen) atoms. The van der Waals surface area contributed by atoms with Crippen molar-refractivity contribution < 1.29 is 21.7 Å². The Kier molecular flexibility index (Phi) is 14.3. The van der Waals surface area contributed by atoms with Crippen molar-refractivity contribution in [2.75, 3.05) is 0 Å². The topological polar surface area (TPSA) is 0 Å². The molecule has 64 valence electrons. The summed E-state index contributed by atoms with van der Waals surface area (Å²) in [5.41, 5.74) is 1.29. The molecular formula is C8H13Cl2Ti-. The standard InChI is InChI=1S/C8H11.2ClH.Ti/c1-3-8-5-4-7(2)6-8;;;/h4-5,8H,3H2,1-2H3;2*1H;/q-1;;;. The minimum Gasteiger partial charge on any atom is -0.266 e. The summed E-state index contributed by atoms with van der Waals surface area (Å²) in [4.78, 5) is 0. The van der Waals surface area contributed by atoms with Gasteiger partial charge < -0.3 is 0 Å². The van der Waals surface area contributed by atoms with Crippen molar-refractivity contribution in [3.05, 3.63) is 23.8 Å². The Morgan fingerprint density at radius 2 is 2.00 bits per heavy atom. The molecule has 0 spiro atoms. The predicted octanol–water partition coefficient (Wildman–Crippen LogP) is 3.17. The molecule has 0 nitrogen and oxygen atoms in total. The molecule has 0 bridgehead atoms. The second kappa shape index (κ2) is 8.87. The van der Waals surface area contributed by atoms with Gasteiger partial charge in [0.1, 0.15) is 0 Å². The van der Waals surface area contributed by atoms with Crippen LogP contribution in [0.2, 0.25) is 0 Å². The quantitative estimate of drug-likeness (QED) is 0.477. The monoisotopic (exact) mass is 227 g/mol. The van der Waals surface area contributed by atoms with E-state index in [1.54, 1.807) is 0 Å². The minimum atomic E-state index is 0. The third kappa shape index (κ3) is 5.98. The maximum Gasteiger partial charge on any atom is 0 e. The smallest absolute Gasteiger partial charge is 0 e. The van der Waals surface area contributed by atoms with Crippen LogP contribution in [-0.4, -0.2) is 0 Å². The first kappa shape index (κ1) is 17.8. The summed E-state index contributed by atoms with van der Waals surface area (Å²) in [6.07, 6.45) is 8.83. The molecule has 0 saturated carbocycles. The van der Waals surface area contributed by atoms with Gasteiger partial charge in [-0.2, -0.15) is 6.08 Å². The Morgan fingerprint density at radius 1 is 1.45 bits per heavy atom. The van der Waals surface area contributed by atoms with E-state index in [1.807, 2.05) is 0 Å². The molecule has 0 heterocycles. The molecule has 1 rings (SSSR count). The average molecular weight is 228 g/mol. The van der Waals surface area contributed by atoms with Crippen LogP contribution in [0.3, 0.4) is 0 Å². The van der Waals surface area contributed by atoms with E-state index < -0.39 is 0 Å². The van der Waals surface area contributed by atoms with Crippen molar-refractivity contribution in [2.45, 2.75) is 20.3 Å². The second-order valence-corrected chi connectivity index (χ2v) is 2.20. The van der Waals surface area contributed by atoms with Crippen LogP contribution in [0.5, 0.6) is 0 Å². The number of hydrogen-bond donors (Lipinski definition) is 0. The zero-order valence-electron chi connectivity index (χ0n) is 6.76. The van der Waals surface area contributed by atoms with Gasteiger partial charge in [0.15, 0.2) is 0 Å². The van der Waals surface area contributed by atoms with E-state index in [0.717, 1.165) is 0 Å². The molecule has 1 atom stereocenters. The predicted molar refractivity (Wildman–Crippen MR) is 49.8 cm³/mol. The summed E-state index contributed by atoms with van der Waals surface area (Å²) in [5.74, 6) is 0.606. The van der Waals surface area contributed by atoms with Gasteiger partial charge in [0.25, 0.3) is 0 Å². The summed E-state index contributed by atoms with van der Waals surface area (Å²) in [6.45, 7) is 4.27. The van der Waals surface area contributed by atoms with Gasteiger partial charge in [0.05, 0.1) is 0 Å². The van der Waals surface area contributed by atoms with Crippen LogP contribution in [0.15, 0.2) is 17.7 Å². The molecule has 0 aromatic carbocycles.